The van der Waals surface area contributed by atoms with Crippen LogP contribution in [0, 0.1) is 6.92 Å². The number of piperazine rings is 1. The first-order valence-corrected chi connectivity index (χ1v) is 10.6. The van der Waals surface area contributed by atoms with Crippen molar-refractivity contribution in [3.05, 3.63) is 59.2 Å². The van der Waals surface area contributed by atoms with Crippen LogP contribution in [0.15, 0.2) is 47.4 Å². The molecule has 29 heavy (non-hydrogen) atoms. The molecule has 1 fully saturated rings. The third kappa shape index (κ3) is 4.64. The highest BCUT2D eigenvalue weighted by Gasteiger charge is 2.29. The first-order chi connectivity index (χ1) is 13.7. The number of carbonyl (C=O) groups excluding carboxylic acids is 2. The second-order valence-electron chi connectivity index (χ2n) is 7.08. The van der Waals surface area contributed by atoms with Crippen LogP contribution >= 0.6 is 0 Å². The molecule has 3 N–H and O–H groups in total. The summed E-state index contributed by atoms with van der Waals surface area (Å²) in [5.41, 5.74) is 6.84. The summed E-state index contributed by atoms with van der Waals surface area (Å²) in [5.74, 6) is -0.994. The lowest BCUT2D eigenvalue weighted by atomic mass is 10.1. The molecular formula is C20H24N4O4S. The minimum Gasteiger partial charge on any atom is -0.366 e. The maximum Gasteiger partial charge on any atom is 0.255 e. The van der Waals surface area contributed by atoms with Gasteiger partial charge in [0.1, 0.15) is 0 Å². The number of aryl methyl sites for hydroxylation is 1. The molecule has 1 saturated heterocycles. The Hall–Kier alpha value is -2.75. The van der Waals surface area contributed by atoms with E-state index in [1.807, 2.05) is 7.05 Å². The molecule has 0 saturated carbocycles. The normalized spacial score (nSPS) is 15.8. The first-order valence-electron chi connectivity index (χ1n) is 9.19. The van der Waals surface area contributed by atoms with Crippen molar-refractivity contribution in [1.82, 2.24) is 9.21 Å². The predicted molar refractivity (Wildman–Crippen MR) is 110 cm³/mol. The van der Waals surface area contributed by atoms with Gasteiger partial charge in [-0.15, -0.1) is 0 Å². The number of rotatable bonds is 5. The second kappa shape index (κ2) is 8.32. The number of hydrogen-bond donors (Lipinski definition) is 2. The van der Waals surface area contributed by atoms with Crippen LogP contribution in [0.25, 0.3) is 0 Å². The standard InChI is InChI=1S/C20H24N4O4S/c1-14-3-4-16(20(26)22-17-7-5-15(6-8-17)19(21)25)13-18(14)29(27,28)24-11-9-23(2)10-12-24/h3-8,13H,9-12H2,1-2H3,(H2,21,25)(H,22,26). The molecule has 2 aromatic rings. The maximum atomic E-state index is 13.1. The van der Waals surface area contributed by atoms with Crippen LogP contribution in [-0.2, 0) is 10.0 Å². The lowest BCUT2D eigenvalue weighted by Crippen LogP contribution is -2.47. The maximum absolute atomic E-state index is 13.1. The highest BCUT2D eigenvalue weighted by molar-refractivity contribution is 7.89. The molecule has 0 aliphatic carbocycles. The number of carbonyl (C=O) groups is 2. The van der Waals surface area contributed by atoms with E-state index in [0.717, 1.165) is 0 Å². The Morgan fingerprint density at radius 3 is 2.14 bits per heavy atom. The molecule has 0 unspecified atom stereocenters. The van der Waals surface area contributed by atoms with Crippen molar-refractivity contribution in [1.29, 1.82) is 0 Å². The number of nitrogens with one attached hydrogen (secondary N) is 1. The van der Waals surface area contributed by atoms with Gasteiger partial charge in [-0.1, -0.05) is 6.07 Å². The van der Waals surface area contributed by atoms with Gasteiger partial charge in [-0.3, -0.25) is 9.59 Å². The van der Waals surface area contributed by atoms with Gasteiger partial charge in [0.05, 0.1) is 4.90 Å². The first kappa shape index (κ1) is 21.0. The molecule has 9 heteroatoms. The molecule has 0 atom stereocenters. The largest absolute Gasteiger partial charge is 0.366 e. The van der Waals surface area contributed by atoms with E-state index in [1.165, 1.54) is 22.5 Å². The van der Waals surface area contributed by atoms with Crippen molar-refractivity contribution >= 4 is 27.5 Å². The Morgan fingerprint density at radius 2 is 1.55 bits per heavy atom. The zero-order chi connectivity index (χ0) is 21.2. The Morgan fingerprint density at radius 1 is 0.966 bits per heavy atom. The van der Waals surface area contributed by atoms with Gasteiger partial charge in [-0.05, 0) is 55.9 Å². The SMILES string of the molecule is Cc1ccc(C(=O)Nc2ccc(C(N)=O)cc2)cc1S(=O)(=O)N1CCN(C)CC1. The smallest absolute Gasteiger partial charge is 0.255 e. The fourth-order valence-electron chi connectivity index (χ4n) is 3.11. The zero-order valence-electron chi connectivity index (χ0n) is 16.4. The van der Waals surface area contributed by atoms with E-state index in [2.05, 4.69) is 10.2 Å². The van der Waals surface area contributed by atoms with Gasteiger partial charge >= 0.3 is 0 Å². The van der Waals surface area contributed by atoms with Crippen LogP contribution in [0.1, 0.15) is 26.3 Å². The van der Waals surface area contributed by atoms with Crippen molar-refractivity contribution in [3.8, 4) is 0 Å². The van der Waals surface area contributed by atoms with Crippen LogP contribution < -0.4 is 11.1 Å². The number of nitrogens with two attached hydrogens (primary N) is 1. The second-order valence-corrected chi connectivity index (χ2v) is 8.99. The topological polar surface area (TPSA) is 113 Å². The molecule has 0 aromatic heterocycles. The fourth-order valence-corrected chi connectivity index (χ4v) is 4.78. The van der Waals surface area contributed by atoms with Crippen LogP contribution in [-0.4, -0.2) is 62.7 Å². The number of likely N-dealkylation sites (N-methyl/N-ethyl adjacent to an activating group) is 1. The van der Waals surface area contributed by atoms with Gasteiger partial charge in [0.15, 0.2) is 0 Å². The minimum absolute atomic E-state index is 0.138. The molecule has 0 radical (unpaired) electrons. The number of hydrogen-bond acceptors (Lipinski definition) is 5. The van der Waals surface area contributed by atoms with Crippen molar-refractivity contribution in [3.63, 3.8) is 0 Å². The Balaban J connectivity index is 1.82. The van der Waals surface area contributed by atoms with Crippen molar-refractivity contribution in [2.45, 2.75) is 11.8 Å². The van der Waals surface area contributed by atoms with Crippen LogP contribution in [0.3, 0.4) is 0 Å². The van der Waals surface area contributed by atoms with Gasteiger partial charge in [-0.25, -0.2) is 8.42 Å². The van der Waals surface area contributed by atoms with Crippen molar-refractivity contribution < 1.29 is 18.0 Å². The summed E-state index contributed by atoms with van der Waals surface area (Å²) < 4.78 is 27.6. The summed E-state index contributed by atoms with van der Waals surface area (Å²) in [6, 6.07) is 10.8. The third-order valence-electron chi connectivity index (χ3n) is 4.96. The van der Waals surface area contributed by atoms with Crippen LogP contribution in [0.2, 0.25) is 0 Å². The number of benzene rings is 2. The predicted octanol–water partition coefficient (Wildman–Crippen LogP) is 1.28. The molecule has 1 aliphatic heterocycles. The molecule has 154 valence electrons. The lowest BCUT2D eigenvalue weighted by Gasteiger charge is -2.32. The number of primary amides is 1. The van der Waals surface area contributed by atoms with Gasteiger partial charge in [0.25, 0.3) is 5.91 Å². The Kier molecular flexibility index (Phi) is 6.02. The number of anilines is 1. The lowest BCUT2D eigenvalue weighted by molar-refractivity contribution is 0.0998. The average Bonchev–Trinajstić information content (AvgIpc) is 2.69. The number of amides is 2. The van der Waals surface area contributed by atoms with E-state index in [-0.39, 0.29) is 10.5 Å². The van der Waals surface area contributed by atoms with E-state index in [1.54, 1.807) is 31.2 Å². The van der Waals surface area contributed by atoms with E-state index in [9.17, 15) is 18.0 Å². The van der Waals surface area contributed by atoms with Gasteiger partial charge < -0.3 is 16.0 Å². The molecule has 1 heterocycles. The van der Waals surface area contributed by atoms with Crippen molar-refractivity contribution in [2.75, 3.05) is 38.5 Å². The van der Waals surface area contributed by atoms with Crippen LogP contribution in [0.4, 0.5) is 5.69 Å². The molecule has 0 bridgehead atoms. The molecule has 2 amide bonds. The molecular weight excluding hydrogens is 392 g/mol. The summed E-state index contributed by atoms with van der Waals surface area (Å²) >= 11 is 0. The fraction of sp³-hybridized carbons (Fsp3) is 0.300. The monoisotopic (exact) mass is 416 g/mol. The van der Waals surface area contributed by atoms with E-state index in [4.69, 9.17) is 5.73 Å². The Bertz CT molecular complexity index is 1030. The summed E-state index contributed by atoms with van der Waals surface area (Å²) in [6.07, 6.45) is 0. The summed E-state index contributed by atoms with van der Waals surface area (Å²) in [7, 11) is -1.73. The number of nitrogens with zero attached hydrogens (tertiary/aromatic N) is 2. The molecule has 0 spiro atoms. The van der Waals surface area contributed by atoms with Gasteiger partial charge in [0, 0.05) is 43.0 Å². The summed E-state index contributed by atoms with van der Waals surface area (Å²) in [5, 5.41) is 2.70. The summed E-state index contributed by atoms with van der Waals surface area (Å²) in [6.45, 7) is 3.88. The van der Waals surface area contributed by atoms with Crippen molar-refractivity contribution in [2.24, 2.45) is 5.73 Å². The highest BCUT2D eigenvalue weighted by atomic mass is 32.2. The van der Waals surface area contributed by atoms with Gasteiger partial charge in [0.2, 0.25) is 15.9 Å². The van der Waals surface area contributed by atoms with Crippen LogP contribution in [0.5, 0.6) is 0 Å². The quantitative estimate of drug-likeness (QED) is 0.762. The molecule has 2 aromatic carbocycles. The number of sulfonamides is 1. The molecule has 8 nitrogen and oxygen atoms in total. The summed E-state index contributed by atoms with van der Waals surface area (Å²) in [4.78, 5) is 26.0. The Labute approximate surface area is 170 Å². The molecule has 1 aliphatic rings. The minimum atomic E-state index is -3.68. The molecule has 3 rings (SSSR count). The van der Waals surface area contributed by atoms with E-state index in [0.29, 0.717) is 43.0 Å². The average molecular weight is 417 g/mol. The zero-order valence-corrected chi connectivity index (χ0v) is 17.2. The third-order valence-corrected chi connectivity index (χ3v) is 7.00. The van der Waals surface area contributed by atoms with E-state index >= 15 is 0 Å². The van der Waals surface area contributed by atoms with Gasteiger partial charge in [-0.2, -0.15) is 4.31 Å². The highest BCUT2D eigenvalue weighted by Crippen LogP contribution is 2.23. The van der Waals surface area contributed by atoms with E-state index < -0.39 is 21.8 Å².